The smallest absolute Gasteiger partial charge is 0.368 e. The molecule has 0 radical (unpaired) electrons. The lowest BCUT2D eigenvalue weighted by Crippen LogP contribution is -2.40. The molecule has 2 aromatic rings. The molecule has 3 rings (SSSR count). The number of rotatable bonds is 8. The van der Waals surface area contributed by atoms with Crippen LogP contribution in [0.1, 0.15) is 26.2 Å². The Hall–Kier alpha value is -2.63. The van der Waals surface area contributed by atoms with Crippen molar-refractivity contribution in [3.05, 3.63) is 54.3 Å². The molecule has 1 aliphatic rings. The molecule has 2 aromatic carbocycles. The summed E-state index contributed by atoms with van der Waals surface area (Å²) in [5.41, 5.74) is 0.990. The summed E-state index contributed by atoms with van der Waals surface area (Å²) in [6.45, 7) is 2.37. The van der Waals surface area contributed by atoms with E-state index in [1.807, 2.05) is 11.8 Å². The van der Waals surface area contributed by atoms with Crippen molar-refractivity contribution in [1.82, 2.24) is 4.31 Å². The number of nitrogens with zero attached hydrogens (tertiary/aromatic N) is 2. The lowest BCUT2D eigenvalue weighted by atomic mass is 10.1. The quantitative estimate of drug-likeness (QED) is 0.297. The number of anilines is 2. The van der Waals surface area contributed by atoms with Crippen LogP contribution in [0.5, 0.6) is 5.75 Å². The van der Waals surface area contributed by atoms with E-state index < -0.39 is 27.6 Å². The Morgan fingerprint density at radius 2 is 1.97 bits per heavy atom. The minimum Gasteiger partial charge on any atom is -0.476 e. The molecule has 0 aromatic heterocycles. The molecule has 184 valence electrons. The molecular formula is C23H26F2N2O5S2. The number of benzene rings is 2. The zero-order chi connectivity index (χ0) is 25.0. The summed E-state index contributed by atoms with van der Waals surface area (Å²) in [4.78, 5) is 13.0. The summed E-state index contributed by atoms with van der Waals surface area (Å²) in [6, 6.07) is 8.33. The van der Waals surface area contributed by atoms with Crippen molar-refractivity contribution in [2.24, 2.45) is 0 Å². The number of ether oxygens (including phenoxy) is 1. The molecule has 1 N–H and O–H groups in total. The van der Waals surface area contributed by atoms with Gasteiger partial charge < -0.3 is 14.7 Å². The first kappa shape index (κ1) is 26.0. The lowest BCUT2D eigenvalue weighted by molar-refractivity contribution is -0.134. The molecule has 11 heteroatoms. The third-order valence-corrected chi connectivity index (χ3v) is 8.32. The van der Waals surface area contributed by atoms with Gasteiger partial charge in [-0.05, 0) is 43.0 Å². The van der Waals surface area contributed by atoms with E-state index in [0.29, 0.717) is 35.5 Å². The van der Waals surface area contributed by atoms with Gasteiger partial charge >= 0.3 is 5.97 Å². The van der Waals surface area contributed by atoms with Crippen molar-refractivity contribution in [2.45, 2.75) is 42.0 Å². The zero-order valence-corrected chi connectivity index (χ0v) is 20.6. The van der Waals surface area contributed by atoms with E-state index in [1.165, 1.54) is 41.3 Å². The topological polar surface area (TPSA) is 87.1 Å². The fourth-order valence-corrected chi connectivity index (χ4v) is 5.82. The fourth-order valence-electron chi connectivity index (χ4n) is 3.72. The summed E-state index contributed by atoms with van der Waals surface area (Å²) in [7, 11) is -2.48. The minimum absolute atomic E-state index is 0.00527. The first-order valence-electron chi connectivity index (χ1n) is 10.6. The maximum Gasteiger partial charge on any atom is 0.368 e. The highest BCUT2D eigenvalue weighted by Crippen LogP contribution is 2.43. The van der Waals surface area contributed by atoms with Crippen LogP contribution in [0, 0.1) is 5.82 Å². The van der Waals surface area contributed by atoms with Gasteiger partial charge in [0.2, 0.25) is 15.9 Å². The number of hydrogen-bond donors (Lipinski definition) is 1. The monoisotopic (exact) mass is 512 g/mol. The predicted octanol–water partition coefficient (Wildman–Crippen LogP) is 5.15. The molecule has 0 saturated heterocycles. The van der Waals surface area contributed by atoms with Gasteiger partial charge in [-0.25, -0.2) is 17.6 Å². The fraction of sp³-hybridized carbons (Fsp3) is 0.348. The molecule has 0 aliphatic carbocycles. The number of carboxylic acid groups (broad SMARTS) is 1. The maximum atomic E-state index is 13.6. The number of carbonyl (C=O) groups is 1. The second-order valence-electron chi connectivity index (χ2n) is 7.76. The van der Waals surface area contributed by atoms with Crippen LogP contribution in [0.25, 0.3) is 0 Å². The maximum absolute atomic E-state index is 13.6. The zero-order valence-electron chi connectivity index (χ0n) is 19.0. The van der Waals surface area contributed by atoms with Crippen molar-refractivity contribution in [3.63, 3.8) is 0 Å². The van der Waals surface area contributed by atoms with Crippen LogP contribution in [-0.4, -0.2) is 49.7 Å². The highest BCUT2D eigenvalue weighted by molar-refractivity contribution is 7.98. The average molecular weight is 513 g/mol. The first-order chi connectivity index (χ1) is 16.1. The Morgan fingerprint density at radius 3 is 2.56 bits per heavy atom. The van der Waals surface area contributed by atoms with Crippen molar-refractivity contribution >= 4 is 39.1 Å². The van der Waals surface area contributed by atoms with Gasteiger partial charge in [0.15, 0.2) is 0 Å². The van der Waals surface area contributed by atoms with E-state index in [-0.39, 0.29) is 16.7 Å². The molecule has 7 nitrogen and oxygen atoms in total. The summed E-state index contributed by atoms with van der Waals surface area (Å²) in [5.74, 6) is -3.72. The van der Waals surface area contributed by atoms with Crippen LogP contribution in [0.4, 0.5) is 20.2 Å². The largest absolute Gasteiger partial charge is 0.476 e. The van der Waals surface area contributed by atoms with Crippen molar-refractivity contribution in [2.75, 3.05) is 24.7 Å². The second-order valence-corrected chi connectivity index (χ2v) is 10.6. The SMILES string of the molecule is CCCCC1CN(c2ccc(F)cc2)c2cc(SC)c(O/C=C(\F)C(=O)O)cc2S(=O)(=O)N1C. The third-order valence-electron chi connectivity index (χ3n) is 5.62. The number of fused-ring (bicyclic) bond motifs is 1. The molecule has 0 saturated carbocycles. The minimum atomic E-state index is -3.99. The number of carboxylic acids is 1. The standard InChI is InChI=1S/C23H26F2N2O5S2/c1-4-5-6-17-13-27(16-9-7-15(24)8-10-16)19-11-21(33-3)20(32-14-18(25)23(28)29)12-22(19)34(30,31)26(17)2/h7-12,14,17H,4-6,13H2,1-3H3,(H,28,29)/b18-14-. The molecule has 1 aliphatic heterocycles. The average Bonchev–Trinajstić information content (AvgIpc) is 2.89. The molecule has 1 atom stereocenters. The summed E-state index contributed by atoms with van der Waals surface area (Å²) < 4.78 is 60.9. The number of sulfonamides is 1. The molecule has 1 heterocycles. The number of aliphatic carboxylic acids is 1. The number of unbranched alkanes of at least 4 members (excludes halogenated alkanes) is 1. The van der Waals surface area contributed by atoms with Gasteiger partial charge in [-0.2, -0.15) is 8.70 Å². The first-order valence-corrected chi connectivity index (χ1v) is 13.2. The van der Waals surface area contributed by atoms with Crippen molar-refractivity contribution < 1.29 is 31.8 Å². The summed E-state index contributed by atoms with van der Waals surface area (Å²) in [5, 5.41) is 8.75. The number of likely N-dealkylation sites (N-methyl/N-ethyl adjacent to an activating group) is 1. The highest BCUT2D eigenvalue weighted by atomic mass is 32.2. The lowest BCUT2D eigenvalue weighted by Gasteiger charge is -2.29. The van der Waals surface area contributed by atoms with E-state index in [0.717, 1.165) is 12.8 Å². The molecule has 0 amide bonds. The molecule has 0 fully saturated rings. The van der Waals surface area contributed by atoms with E-state index >= 15 is 0 Å². The van der Waals surface area contributed by atoms with Crippen molar-refractivity contribution in [3.8, 4) is 5.75 Å². The normalized spacial score (nSPS) is 18.3. The Labute approximate surface area is 202 Å². The molecule has 1 unspecified atom stereocenters. The van der Waals surface area contributed by atoms with Gasteiger partial charge in [-0.1, -0.05) is 19.8 Å². The van der Waals surface area contributed by atoms with Crippen LogP contribution in [0.15, 0.2) is 58.3 Å². The van der Waals surface area contributed by atoms with E-state index in [1.54, 1.807) is 24.5 Å². The highest BCUT2D eigenvalue weighted by Gasteiger charge is 2.37. The number of thioether (sulfide) groups is 1. The van der Waals surface area contributed by atoms with Gasteiger partial charge in [0.25, 0.3) is 0 Å². The van der Waals surface area contributed by atoms with Crippen molar-refractivity contribution in [1.29, 1.82) is 0 Å². The van der Waals surface area contributed by atoms with Gasteiger partial charge in [0.05, 0.1) is 10.6 Å². The summed E-state index contributed by atoms with van der Waals surface area (Å²) >= 11 is 1.23. The van der Waals surface area contributed by atoms with E-state index in [2.05, 4.69) is 0 Å². The van der Waals surface area contributed by atoms with Gasteiger partial charge in [-0.15, -0.1) is 11.8 Å². The predicted molar refractivity (Wildman–Crippen MR) is 127 cm³/mol. The van der Waals surface area contributed by atoms with E-state index in [4.69, 9.17) is 9.84 Å². The molecular weight excluding hydrogens is 486 g/mol. The second kappa shape index (κ2) is 10.7. The van der Waals surface area contributed by atoms with Crippen LogP contribution in [-0.2, 0) is 14.8 Å². The van der Waals surface area contributed by atoms with Crippen LogP contribution >= 0.6 is 11.8 Å². The van der Waals surface area contributed by atoms with Crippen LogP contribution in [0.3, 0.4) is 0 Å². The van der Waals surface area contributed by atoms with Crippen LogP contribution in [0.2, 0.25) is 0 Å². The Morgan fingerprint density at radius 1 is 1.29 bits per heavy atom. The van der Waals surface area contributed by atoms with Crippen LogP contribution < -0.4 is 9.64 Å². The number of halogens is 2. The third kappa shape index (κ3) is 5.37. The van der Waals surface area contributed by atoms with Gasteiger partial charge in [-0.3, -0.25) is 0 Å². The van der Waals surface area contributed by atoms with Gasteiger partial charge in [0, 0.05) is 31.4 Å². The molecule has 0 spiro atoms. The Bertz CT molecular complexity index is 1190. The van der Waals surface area contributed by atoms with E-state index in [9.17, 15) is 22.0 Å². The Balaban J connectivity index is 2.22. The Kier molecular flexibility index (Phi) is 8.21. The summed E-state index contributed by atoms with van der Waals surface area (Å²) in [6.07, 6.45) is 4.50. The molecule has 0 bridgehead atoms. The number of hydrogen-bond acceptors (Lipinski definition) is 6. The van der Waals surface area contributed by atoms with Gasteiger partial charge in [0.1, 0.15) is 22.7 Å². The molecule has 34 heavy (non-hydrogen) atoms.